The molecule has 5 rings (SSSR count). The number of fused-ring (bicyclic) bond motifs is 2. The molecule has 2 unspecified atom stereocenters. The molecular weight excluding hydrogens is 437 g/mol. The molecule has 2 aromatic heterocycles. The van der Waals surface area contributed by atoms with Crippen LogP contribution in [0.3, 0.4) is 0 Å². The fourth-order valence-corrected chi connectivity index (χ4v) is 5.08. The van der Waals surface area contributed by atoms with Crippen LogP contribution in [-0.2, 0) is 6.18 Å². The number of amides is 2. The maximum absolute atomic E-state index is 12.7. The van der Waals surface area contributed by atoms with Gasteiger partial charge in [-0.1, -0.05) is 42.4 Å². The third-order valence-corrected chi connectivity index (χ3v) is 6.75. The lowest BCUT2D eigenvalue weighted by Crippen LogP contribution is -2.60. The van der Waals surface area contributed by atoms with Gasteiger partial charge in [-0.25, -0.2) is 9.78 Å². The number of nitrogens with zero attached hydrogens (tertiary/aromatic N) is 5. The van der Waals surface area contributed by atoms with E-state index in [1.165, 1.54) is 6.20 Å². The second kappa shape index (κ2) is 7.46. The van der Waals surface area contributed by atoms with Crippen LogP contribution in [0.2, 0.25) is 0 Å². The first-order valence-electron chi connectivity index (χ1n) is 10.4. The minimum Gasteiger partial charge on any atom is -0.351 e. The number of primary amides is 1. The Morgan fingerprint density at radius 3 is 2.61 bits per heavy atom. The number of aromatic nitrogens is 3. The highest BCUT2D eigenvalue weighted by atomic mass is 19.4. The second-order valence-electron chi connectivity index (χ2n) is 8.50. The topological polar surface area (TPSA) is 101 Å². The lowest BCUT2D eigenvalue weighted by atomic mass is 9.79. The Labute approximate surface area is 187 Å². The van der Waals surface area contributed by atoms with Crippen LogP contribution in [0, 0.1) is 0 Å². The van der Waals surface area contributed by atoms with Crippen LogP contribution in [0.25, 0.3) is 11.4 Å². The zero-order valence-electron chi connectivity index (χ0n) is 17.7. The molecule has 8 nitrogen and oxygen atoms in total. The molecule has 2 saturated heterocycles. The monoisotopic (exact) mass is 458 g/mol. The molecule has 172 valence electrons. The second-order valence-corrected chi connectivity index (χ2v) is 8.50. The van der Waals surface area contributed by atoms with Gasteiger partial charge in [0.2, 0.25) is 5.82 Å². The molecule has 0 spiro atoms. The Morgan fingerprint density at radius 2 is 2.00 bits per heavy atom. The molecule has 0 radical (unpaired) electrons. The van der Waals surface area contributed by atoms with Crippen molar-refractivity contribution in [3.8, 4) is 11.4 Å². The van der Waals surface area contributed by atoms with Gasteiger partial charge in [0, 0.05) is 30.8 Å². The van der Waals surface area contributed by atoms with Crippen LogP contribution in [0.1, 0.15) is 30.7 Å². The zero-order chi connectivity index (χ0) is 23.4. The van der Waals surface area contributed by atoms with Crippen LogP contribution in [0.15, 0.2) is 53.2 Å². The number of carbonyl (C=O) groups excluding carboxylic acids is 1. The maximum Gasteiger partial charge on any atom is 0.471 e. The van der Waals surface area contributed by atoms with Gasteiger partial charge in [0.05, 0.1) is 11.6 Å². The lowest BCUT2D eigenvalue weighted by molar-refractivity contribution is -0.159. The van der Waals surface area contributed by atoms with E-state index in [0.29, 0.717) is 24.5 Å². The van der Waals surface area contributed by atoms with Crippen molar-refractivity contribution in [3.63, 3.8) is 0 Å². The molecule has 2 aliphatic rings. The van der Waals surface area contributed by atoms with Gasteiger partial charge in [-0.2, -0.15) is 18.2 Å². The normalized spacial score (nSPS) is 23.2. The summed E-state index contributed by atoms with van der Waals surface area (Å²) in [6.45, 7) is 3.13. The average molecular weight is 458 g/mol. The number of pyridine rings is 1. The summed E-state index contributed by atoms with van der Waals surface area (Å²) in [6.07, 6.45) is -2.54. The minimum absolute atomic E-state index is 0.0315. The summed E-state index contributed by atoms with van der Waals surface area (Å²) in [4.78, 5) is 24.0. The number of hydrogen-bond acceptors (Lipinski definition) is 6. The van der Waals surface area contributed by atoms with Crippen LogP contribution in [0.4, 0.5) is 23.8 Å². The van der Waals surface area contributed by atoms with Gasteiger partial charge in [0.1, 0.15) is 5.82 Å². The number of carbonyl (C=O) groups is 1. The van der Waals surface area contributed by atoms with E-state index in [9.17, 15) is 18.0 Å². The van der Waals surface area contributed by atoms with E-state index < -0.39 is 23.6 Å². The first-order chi connectivity index (χ1) is 15.7. The Morgan fingerprint density at radius 1 is 1.24 bits per heavy atom. The quantitative estimate of drug-likeness (QED) is 0.640. The van der Waals surface area contributed by atoms with Gasteiger partial charge < -0.3 is 20.1 Å². The fraction of sp³-hybridized carbons (Fsp3) is 0.364. The summed E-state index contributed by atoms with van der Waals surface area (Å²) in [5, 5.41) is 3.40. The fourth-order valence-electron chi connectivity index (χ4n) is 5.08. The predicted octanol–water partition coefficient (Wildman–Crippen LogP) is 3.67. The van der Waals surface area contributed by atoms with Crippen molar-refractivity contribution in [2.45, 2.75) is 37.0 Å². The summed E-state index contributed by atoms with van der Waals surface area (Å²) < 4.78 is 42.5. The smallest absolute Gasteiger partial charge is 0.351 e. The number of rotatable bonds is 4. The molecule has 2 aliphatic heterocycles. The van der Waals surface area contributed by atoms with Crippen molar-refractivity contribution in [3.05, 3.63) is 60.1 Å². The van der Waals surface area contributed by atoms with E-state index in [0.717, 1.165) is 12.0 Å². The SMILES string of the molecule is C[C@H](c1ccccc1)C12CC(CN1C(N)=O)N(c1ccc(-c3noc(C(F)(F)F)n3)cn1)C2. The minimum atomic E-state index is -4.70. The number of likely N-dealkylation sites (tertiary alicyclic amines) is 1. The number of urea groups is 1. The molecule has 1 aromatic carbocycles. The molecule has 0 aliphatic carbocycles. The summed E-state index contributed by atoms with van der Waals surface area (Å²) in [7, 11) is 0. The van der Waals surface area contributed by atoms with E-state index in [2.05, 4.69) is 31.5 Å². The highest BCUT2D eigenvalue weighted by Crippen LogP contribution is 2.49. The highest BCUT2D eigenvalue weighted by Gasteiger charge is 2.59. The molecule has 33 heavy (non-hydrogen) atoms. The number of benzene rings is 1. The molecule has 2 bridgehead atoms. The van der Waals surface area contributed by atoms with Crippen LogP contribution in [0.5, 0.6) is 0 Å². The van der Waals surface area contributed by atoms with E-state index >= 15 is 0 Å². The van der Waals surface area contributed by atoms with Crippen LogP contribution in [-0.4, -0.2) is 50.7 Å². The van der Waals surface area contributed by atoms with Gasteiger partial charge in [-0.05, 0) is 24.1 Å². The van der Waals surface area contributed by atoms with Crippen molar-refractivity contribution >= 4 is 11.8 Å². The Balaban J connectivity index is 1.41. The average Bonchev–Trinajstić information content (AvgIpc) is 3.53. The molecular formula is C22H21F3N6O2. The van der Waals surface area contributed by atoms with Crippen molar-refractivity contribution < 1.29 is 22.5 Å². The zero-order valence-corrected chi connectivity index (χ0v) is 17.7. The summed E-state index contributed by atoms with van der Waals surface area (Å²) in [6, 6.07) is 12.9. The molecule has 3 atom stereocenters. The predicted molar refractivity (Wildman–Crippen MR) is 112 cm³/mol. The van der Waals surface area contributed by atoms with Crippen molar-refractivity contribution in [2.75, 3.05) is 18.0 Å². The Hall–Kier alpha value is -3.63. The molecule has 2 N–H and O–H groups in total. The van der Waals surface area contributed by atoms with Gasteiger partial charge >= 0.3 is 18.1 Å². The van der Waals surface area contributed by atoms with E-state index in [1.807, 2.05) is 30.3 Å². The molecule has 0 saturated carbocycles. The number of halogens is 3. The van der Waals surface area contributed by atoms with Crippen molar-refractivity contribution in [1.82, 2.24) is 20.0 Å². The molecule has 2 fully saturated rings. The van der Waals surface area contributed by atoms with Gasteiger partial charge in [-0.3, -0.25) is 0 Å². The maximum atomic E-state index is 12.7. The summed E-state index contributed by atoms with van der Waals surface area (Å²) in [5.41, 5.74) is 6.69. The highest BCUT2D eigenvalue weighted by molar-refractivity contribution is 5.75. The number of anilines is 1. The summed E-state index contributed by atoms with van der Waals surface area (Å²) >= 11 is 0. The Kier molecular flexibility index (Phi) is 4.80. The molecule has 4 heterocycles. The van der Waals surface area contributed by atoms with Gasteiger partial charge in [-0.15, -0.1) is 0 Å². The third-order valence-electron chi connectivity index (χ3n) is 6.75. The number of hydrogen-bond donors (Lipinski definition) is 1. The molecule has 11 heteroatoms. The third kappa shape index (κ3) is 3.47. The largest absolute Gasteiger partial charge is 0.471 e. The number of piperazine rings is 1. The first-order valence-corrected chi connectivity index (χ1v) is 10.4. The van der Waals surface area contributed by atoms with E-state index in [4.69, 9.17) is 5.73 Å². The van der Waals surface area contributed by atoms with Crippen LogP contribution < -0.4 is 10.6 Å². The number of nitrogens with two attached hydrogens (primary N) is 1. The van der Waals surface area contributed by atoms with Crippen molar-refractivity contribution in [2.24, 2.45) is 5.73 Å². The van der Waals surface area contributed by atoms with Gasteiger partial charge in [0.25, 0.3) is 0 Å². The van der Waals surface area contributed by atoms with E-state index in [-0.39, 0.29) is 17.8 Å². The number of alkyl halides is 3. The van der Waals surface area contributed by atoms with Crippen molar-refractivity contribution in [1.29, 1.82) is 0 Å². The van der Waals surface area contributed by atoms with Crippen LogP contribution >= 0.6 is 0 Å². The molecule has 2 amide bonds. The lowest BCUT2D eigenvalue weighted by Gasteiger charge is -2.45. The summed E-state index contributed by atoms with van der Waals surface area (Å²) in [5.74, 6) is -0.879. The van der Waals surface area contributed by atoms with Gasteiger partial charge in [0.15, 0.2) is 0 Å². The first kappa shape index (κ1) is 21.2. The Bertz CT molecular complexity index is 1170. The van der Waals surface area contributed by atoms with E-state index in [1.54, 1.807) is 17.0 Å². The molecule has 3 aromatic rings. The standard InChI is InChI=1S/C22H21F3N6O2/c1-13(14-5-3-2-4-6-14)21-9-16(11-31(21)20(26)32)30(12-21)17-8-7-15(10-27-17)18-28-19(33-29-18)22(23,24)25/h2-8,10,13,16H,9,11-12H2,1H3,(H2,26,32)/t13-,16?,21?/m1/s1.